The molecule has 0 aliphatic carbocycles. The Morgan fingerprint density at radius 3 is 2.52 bits per heavy atom. The maximum atomic E-state index is 8.98. The number of methoxy groups -OCH3 is 1. The van der Waals surface area contributed by atoms with Crippen LogP contribution in [0.5, 0.6) is 11.5 Å². The van der Waals surface area contributed by atoms with Gasteiger partial charge in [0.05, 0.1) is 7.11 Å². The average Bonchev–Trinajstić information content (AvgIpc) is 2.54. The van der Waals surface area contributed by atoms with Gasteiger partial charge in [0, 0.05) is 12.6 Å². The molecule has 21 heavy (non-hydrogen) atoms. The molecule has 0 radical (unpaired) electrons. The van der Waals surface area contributed by atoms with Gasteiger partial charge in [-0.1, -0.05) is 36.4 Å². The molecule has 2 rings (SSSR count). The zero-order chi connectivity index (χ0) is 15.1. The summed E-state index contributed by atoms with van der Waals surface area (Å²) in [4.78, 5) is 0. The topological polar surface area (TPSA) is 64.7 Å². The third-order valence-electron chi connectivity index (χ3n) is 3.29. The fraction of sp³-hybridized carbons (Fsp3) is 0.294. The van der Waals surface area contributed by atoms with Gasteiger partial charge in [0.25, 0.3) is 0 Å². The van der Waals surface area contributed by atoms with Gasteiger partial charge in [0.1, 0.15) is 6.61 Å². The van der Waals surface area contributed by atoms with E-state index in [2.05, 4.69) is 0 Å². The van der Waals surface area contributed by atoms with Crippen LogP contribution < -0.4 is 15.2 Å². The second-order valence-corrected chi connectivity index (χ2v) is 4.80. The minimum atomic E-state index is -0.208. The number of aliphatic hydroxyl groups is 1. The summed E-state index contributed by atoms with van der Waals surface area (Å²) in [5.41, 5.74) is 8.03. The molecule has 0 aliphatic rings. The van der Waals surface area contributed by atoms with Gasteiger partial charge < -0.3 is 20.3 Å². The molecule has 4 heteroatoms. The molecule has 0 saturated heterocycles. The van der Waals surface area contributed by atoms with E-state index in [0.29, 0.717) is 24.5 Å². The van der Waals surface area contributed by atoms with Crippen molar-refractivity contribution >= 4 is 0 Å². The lowest BCUT2D eigenvalue weighted by molar-refractivity contribution is 0.274. The van der Waals surface area contributed by atoms with E-state index in [0.717, 1.165) is 11.1 Å². The molecule has 0 saturated carbocycles. The smallest absolute Gasteiger partial charge is 0.161 e. The molecular formula is C17H21NO3. The highest BCUT2D eigenvalue weighted by Gasteiger charge is 2.11. The molecule has 0 aliphatic heterocycles. The van der Waals surface area contributed by atoms with Gasteiger partial charge in [-0.05, 0) is 29.7 Å². The molecule has 3 N–H and O–H groups in total. The Labute approximate surface area is 125 Å². The molecule has 112 valence electrons. The van der Waals surface area contributed by atoms with Gasteiger partial charge in [0.2, 0.25) is 0 Å². The van der Waals surface area contributed by atoms with Gasteiger partial charge >= 0.3 is 0 Å². The lowest BCUT2D eigenvalue weighted by Gasteiger charge is -2.15. The monoisotopic (exact) mass is 287 g/mol. The minimum Gasteiger partial charge on any atom is -0.493 e. The molecule has 2 aromatic rings. The standard InChI is InChI=1S/C17H21NO3/c1-20-16-8-7-14(15(18)9-10-19)11-17(16)21-12-13-5-3-2-4-6-13/h2-8,11,15,19H,9-10,12,18H2,1H3/t15-/m0/s1. The molecule has 0 spiro atoms. The maximum Gasteiger partial charge on any atom is 0.161 e. The van der Waals surface area contributed by atoms with Crippen molar-refractivity contribution in [1.82, 2.24) is 0 Å². The summed E-state index contributed by atoms with van der Waals surface area (Å²) in [6, 6.07) is 15.3. The zero-order valence-corrected chi connectivity index (χ0v) is 12.2. The average molecular weight is 287 g/mol. The molecule has 0 unspecified atom stereocenters. The molecule has 0 amide bonds. The van der Waals surface area contributed by atoms with Gasteiger partial charge in [-0.2, -0.15) is 0 Å². The molecule has 0 heterocycles. The van der Waals surface area contributed by atoms with Crippen LogP contribution in [-0.2, 0) is 6.61 Å². The fourth-order valence-electron chi connectivity index (χ4n) is 2.08. The van der Waals surface area contributed by atoms with Crippen molar-refractivity contribution in [3.8, 4) is 11.5 Å². The first-order valence-electron chi connectivity index (χ1n) is 6.95. The molecule has 0 bridgehead atoms. The van der Waals surface area contributed by atoms with E-state index < -0.39 is 0 Å². The number of aliphatic hydroxyl groups excluding tert-OH is 1. The highest BCUT2D eigenvalue weighted by Crippen LogP contribution is 2.31. The number of hydrogen-bond donors (Lipinski definition) is 2. The summed E-state index contributed by atoms with van der Waals surface area (Å²) in [7, 11) is 1.61. The predicted octanol–water partition coefficient (Wildman–Crippen LogP) is 2.66. The first-order chi connectivity index (χ1) is 10.2. The second kappa shape index (κ2) is 7.67. The first-order valence-corrected chi connectivity index (χ1v) is 6.95. The van der Waals surface area contributed by atoms with E-state index in [1.807, 2.05) is 48.5 Å². The number of rotatable bonds is 7. The lowest BCUT2D eigenvalue weighted by Crippen LogP contribution is -2.12. The quantitative estimate of drug-likeness (QED) is 0.821. The highest BCUT2D eigenvalue weighted by molar-refractivity contribution is 5.44. The lowest BCUT2D eigenvalue weighted by atomic mass is 10.0. The summed E-state index contributed by atoms with van der Waals surface area (Å²) >= 11 is 0. The highest BCUT2D eigenvalue weighted by atomic mass is 16.5. The van der Waals surface area contributed by atoms with Crippen LogP contribution in [0.3, 0.4) is 0 Å². The van der Waals surface area contributed by atoms with Crippen LogP contribution in [0.1, 0.15) is 23.6 Å². The Morgan fingerprint density at radius 2 is 1.86 bits per heavy atom. The third-order valence-corrected chi connectivity index (χ3v) is 3.29. The van der Waals surface area contributed by atoms with Gasteiger partial charge in [-0.25, -0.2) is 0 Å². The Kier molecular flexibility index (Phi) is 5.60. The summed E-state index contributed by atoms with van der Waals surface area (Å²) < 4.78 is 11.2. The minimum absolute atomic E-state index is 0.0629. The molecular weight excluding hydrogens is 266 g/mol. The summed E-state index contributed by atoms with van der Waals surface area (Å²) in [6.45, 7) is 0.531. The van der Waals surface area contributed by atoms with Crippen molar-refractivity contribution in [1.29, 1.82) is 0 Å². The normalized spacial score (nSPS) is 12.0. The molecule has 2 aromatic carbocycles. The Morgan fingerprint density at radius 1 is 1.10 bits per heavy atom. The van der Waals surface area contributed by atoms with E-state index >= 15 is 0 Å². The van der Waals surface area contributed by atoms with Crippen LogP contribution in [0.4, 0.5) is 0 Å². The largest absolute Gasteiger partial charge is 0.493 e. The molecule has 0 fully saturated rings. The van der Waals surface area contributed by atoms with Crippen molar-refractivity contribution in [2.24, 2.45) is 5.73 Å². The maximum absolute atomic E-state index is 8.98. The van der Waals surface area contributed by atoms with E-state index in [-0.39, 0.29) is 12.6 Å². The zero-order valence-electron chi connectivity index (χ0n) is 12.2. The molecule has 1 atom stereocenters. The van der Waals surface area contributed by atoms with Crippen molar-refractivity contribution in [3.63, 3.8) is 0 Å². The van der Waals surface area contributed by atoms with E-state index in [4.69, 9.17) is 20.3 Å². The van der Waals surface area contributed by atoms with Crippen LogP contribution in [0.25, 0.3) is 0 Å². The third kappa shape index (κ3) is 4.21. The predicted molar refractivity (Wildman–Crippen MR) is 82.4 cm³/mol. The van der Waals surface area contributed by atoms with Crippen LogP contribution in [0.2, 0.25) is 0 Å². The SMILES string of the molecule is COc1ccc([C@@H](N)CCO)cc1OCc1ccccc1. The summed E-state index contributed by atoms with van der Waals surface area (Å²) in [6.07, 6.45) is 0.518. The number of benzene rings is 2. The van der Waals surface area contributed by atoms with Gasteiger partial charge in [-0.3, -0.25) is 0 Å². The van der Waals surface area contributed by atoms with Crippen LogP contribution >= 0.6 is 0 Å². The van der Waals surface area contributed by atoms with Crippen molar-refractivity contribution in [2.45, 2.75) is 19.1 Å². The summed E-state index contributed by atoms with van der Waals surface area (Å²) in [5.74, 6) is 1.33. The van der Waals surface area contributed by atoms with Crippen LogP contribution in [-0.4, -0.2) is 18.8 Å². The van der Waals surface area contributed by atoms with Gasteiger partial charge in [-0.15, -0.1) is 0 Å². The molecule has 4 nitrogen and oxygen atoms in total. The Hall–Kier alpha value is -2.04. The second-order valence-electron chi connectivity index (χ2n) is 4.80. The fourth-order valence-corrected chi connectivity index (χ4v) is 2.08. The first kappa shape index (κ1) is 15.4. The van der Waals surface area contributed by atoms with Crippen molar-refractivity contribution in [3.05, 3.63) is 59.7 Å². The molecule has 0 aromatic heterocycles. The number of ether oxygens (including phenoxy) is 2. The van der Waals surface area contributed by atoms with Crippen LogP contribution in [0, 0.1) is 0 Å². The van der Waals surface area contributed by atoms with E-state index in [1.54, 1.807) is 7.11 Å². The van der Waals surface area contributed by atoms with Crippen molar-refractivity contribution < 1.29 is 14.6 Å². The Balaban J connectivity index is 2.14. The summed E-state index contributed by atoms with van der Waals surface area (Å²) in [5, 5.41) is 8.98. The van der Waals surface area contributed by atoms with E-state index in [1.165, 1.54) is 0 Å². The number of nitrogens with two attached hydrogens (primary N) is 1. The Bertz CT molecular complexity index is 557. The number of hydrogen-bond acceptors (Lipinski definition) is 4. The van der Waals surface area contributed by atoms with Crippen LogP contribution in [0.15, 0.2) is 48.5 Å². The van der Waals surface area contributed by atoms with Crippen molar-refractivity contribution in [2.75, 3.05) is 13.7 Å². The van der Waals surface area contributed by atoms with E-state index in [9.17, 15) is 0 Å². The van der Waals surface area contributed by atoms with Gasteiger partial charge in [0.15, 0.2) is 11.5 Å².